The van der Waals surface area contributed by atoms with Gasteiger partial charge in [0, 0.05) is 16.3 Å². The number of rotatable bonds is 3. The van der Waals surface area contributed by atoms with Crippen LogP contribution in [0.5, 0.6) is 0 Å². The van der Waals surface area contributed by atoms with E-state index in [0.29, 0.717) is 22.2 Å². The minimum Gasteiger partial charge on any atom is -0.339 e. The summed E-state index contributed by atoms with van der Waals surface area (Å²) in [6.45, 7) is 0. The molecule has 0 amide bonds. The van der Waals surface area contributed by atoms with Crippen LogP contribution < -0.4 is 5.32 Å². The Bertz CT molecular complexity index is 969. The zero-order valence-electron chi connectivity index (χ0n) is 11.9. The van der Waals surface area contributed by atoms with Crippen molar-refractivity contribution in [2.45, 2.75) is 0 Å². The molecule has 2 heterocycles. The van der Waals surface area contributed by atoms with Crippen LogP contribution in [0.1, 0.15) is 0 Å². The average molecular weight is 323 g/mol. The molecule has 0 aliphatic heterocycles. The second-order valence-corrected chi connectivity index (χ2v) is 5.37. The molecule has 2 aromatic heterocycles. The van der Waals surface area contributed by atoms with Crippen LogP contribution in [0.3, 0.4) is 0 Å². The van der Waals surface area contributed by atoms with Crippen LogP contribution in [0.2, 0.25) is 5.02 Å². The summed E-state index contributed by atoms with van der Waals surface area (Å²) in [7, 11) is 0. The lowest BCUT2D eigenvalue weighted by molar-refractivity contribution is 0.451. The molecule has 6 heteroatoms. The number of anilines is 2. The monoisotopic (exact) mass is 322 g/mol. The van der Waals surface area contributed by atoms with Gasteiger partial charge in [0.15, 0.2) is 0 Å². The summed E-state index contributed by atoms with van der Waals surface area (Å²) in [5, 5.41) is 8.76. The number of benzene rings is 2. The molecule has 5 nitrogen and oxygen atoms in total. The van der Waals surface area contributed by atoms with Gasteiger partial charge in [-0.25, -0.2) is 4.98 Å². The van der Waals surface area contributed by atoms with Crippen LogP contribution >= 0.6 is 11.6 Å². The molecule has 0 spiro atoms. The van der Waals surface area contributed by atoms with Crippen molar-refractivity contribution in [2.75, 3.05) is 5.32 Å². The number of nitrogens with zero attached hydrogens (tertiary/aromatic N) is 3. The van der Waals surface area contributed by atoms with E-state index in [0.717, 1.165) is 16.6 Å². The van der Waals surface area contributed by atoms with E-state index in [2.05, 4.69) is 20.4 Å². The Kier molecular flexibility index (Phi) is 3.40. The minimum absolute atomic E-state index is 0.424. The van der Waals surface area contributed by atoms with Crippen LogP contribution in [0, 0.1) is 0 Å². The Balaban J connectivity index is 1.87. The van der Waals surface area contributed by atoms with Gasteiger partial charge in [0.2, 0.25) is 0 Å². The number of hydrogen-bond donors (Lipinski definition) is 1. The number of fused-ring (bicyclic) bond motifs is 1. The largest absolute Gasteiger partial charge is 0.339 e. The van der Waals surface area contributed by atoms with Crippen LogP contribution in [0.15, 0.2) is 65.4 Å². The summed E-state index contributed by atoms with van der Waals surface area (Å²) < 4.78 is 5.34. The van der Waals surface area contributed by atoms with E-state index in [1.54, 1.807) is 0 Å². The average Bonchev–Trinajstić information content (AvgIpc) is 3.01. The van der Waals surface area contributed by atoms with Crippen molar-refractivity contribution in [1.29, 1.82) is 0 Å². The minimum atomic E-state index is 0.424. The molecule has 0 saturated carbocycles. The molecule has 0 unspecified atom stereocenters. The third kappa shape index (κ3) is 2.62. The molecule has 0 atom stereocenters. The van der Waals surface area contributed by atoms with Gasteiger partial charge >= 0.3 is 0 Å². The van der Waals surface area contributed by atoms with Crippen LogP contribution in [0.4, 0.5) is 11.5 Å². The highest BCUT2D eigenvalue weighted by Crippen LogP contribution is 2.33. The zero-order chi connectivity index (χ0) is 15.6. The highest BCUT2D eigenvalue weighted by atomic mass is 35.5. The lowest BCUT2D eigenvalue weighted by atomic mass is 10.1. The Morgan fingerprint density at radius 1 is 0.957 bits per heavy atom. The van der Waals surface area contributed by atoms with Gasteiger partial charge in [-0.1, -0.05) is 47.1 Å². The highest BCUT2D eigenvalue weighted by Gasteiger charge is 2.17. The lowest BCUT2D eigenvalue weighted by Gasteiger charge is -2.06. The van der Waals surface area contributed by atoms with Crippen molar-refractivity contribution >= 4 is 34.2 Å². The maximum atomic E-state index is 6.08. The topological polar surface area (TPSA) is 63.8 Å². The molecule has 0 aliphatic rings. The summed E-state index contributed by atoms with van der Waals surface area (Å²) in [5.74, 6) is 0.637. The second-order valence-electron chi connectivity index (χ2n) is 4.93. The summed E-state index contributed by atoms with van der Waals surface area (Å²) in [4.78, 5) is 8.47. The zero-order valence-corrected chi connectivity index (χ0v) is 12.7. The van der Waals surface area contributed by atoms with Gasteiger partial charge < -0.3 is 9.84 Å². The fourth-order valence-corrected chi connectivity index (χ4v) is 2.56. The smallest absolute Gasteiger partial charge is 0.263 e. The van der Waals surface area contributed by atoms with E-state index in [1.165, 1.54) is 6.33 Å². The van der Waals surface area contributed by atoms with Gasteiger partial charge in [-0.3, -0.25) is 0 Å². The summed E-state index contributed by atoms with van der Waals surface area (Å²) >= 11 is 6.08. The van der Waals surface area contributed by atoms with Crippen molar-refractivity contribution in [3.05, 3.63) is 65.9 Å². The molecular weight excluding hydrogens is 312 g/mol. The number of halogens is 1. The Morgan fingerprint density at radius 3 is 2.65 bits per heavy atom. The quantitative estimate of drug-likeness (QED) is 0.593. The fourth-order valence-electron chi connectivity index (χ4n) is 2.37. The standard InChI is InChI=1S/C17H11ClN4O/c18-12-6-4-5-11(9-12)15-14-16(19-10-20-17(14)23-22-15)21-13-7-2-1-3-8-13/h1-10H,(H,19,20,21). The van der Waals surface area contributed by atoms with Crippen molar-refractivity contribution in [3.63, 3.8) is 0 Å². The maximum Gasteiger partial charge on any atom is 0.263 e. The summed E-state index contributed by atoms with van der Waals surface area (Å²) in [6.07, 6.45) is 1.44. The van der Waals surface area contributed by atoms with E-state index in [9.17, 15) is 0 Å². The molecule has 112 valence electrons. The van der Waals surface area contributed by atoms with Gasteiger partial charge in [0.05, 0.1) is 0 Å². The maximum absolute atomic E-state index is 6.08. The first kappa shape index (κ1) is 13.7. The molecule has 0 fully saturated rings. The molecule has 1 N–H and O–H groups in total. The van der Waals surface area contributed by atoms with Crippen LogP contribution in [-0.2, 0) is 0 Å². The van der Waals surface area contributed by atoms with Gasteiger partial charge in [0.1, 0.15) is 23.2 Å². The first-order chi connectivity index (χ1) is 11.3. The Hall–Kier alpha value is -2.92. The van der Waals surface area contributed by atoms with Gasteiger partial charge in [-0.15, -0.1) is 0 Å². The van der Waals surface area contributed by atoms with E-state index in [-0.39, 0.29) is 0 Å². The van der Waals surface area contributed by atoms with Gasteiger partial charge in [0.25, 0.3) is 5.71 Å². The first-order valence-electron chi connectivity index (χ1n) is 6.99. The van der Waals surface area contributed by atoms with Crippen LogP contribution in [-0.4, -0.2) is 15.1 Å². The molecule has 0 saturated heterocycles. The van der Waals surface area contributed by atoms with E-state index in [4.69, 9.17) is 16.1 Å². The molecule has 4 rings (SSSR count). The van der Waals surface area contributed by atoms with Crippen molar-refractivity contribution < 1.29 is 4.52 Å². The van der Waals surface area contributed by atoms with E-state index in [1.807, 2.05) is 54.6 Å². The summed E-state index contributed by atoms with van der Waals surface area (Å²) in [6, 6.07) is 17.2. The van der Waals surface area contributed by atoms with Gasteiger partial charge in [-0.2, -0.15) is 4.98 Å². The fraction of sp³-hybridized carbons (Fsp3) is 0. The Morgan fingerprint density at radius 2 is 1.83 bits per heavy atom. The van der Waals surface area contributed by atoms with Gasteiger partial charge in [-0.05, 0) is 24.3 Å². The molecule has 0 aliphatic carbocycles. The predicted molar refractivity (Wildman–Crippen MR) is 89.8 cm³/mol. The molecule has 2 aromatic carbocycles. The SMILES string of the molecule is Clc1cccc(-c2noc3ncnc(Nc4ccccc4)c23)c1. The molecular formula is C17H11ClN4O. The number of aromatic nitrogens is 3. The third-order valence-electron chi connectivity index (χ3n) is 3.41. The Labute approximate surface area is 136 Å². The molecule has 0 bridgehead atoms. The normalized spacial score (nSPS) is 10.8. The molecule has 0 radical (unpaired) electrons. The highest BCUT2D eigenvalue weighted by molar-refractivity contribution is 6.30. The van der Waals surface area contributed by atoms with Crippen molar-refractivity contribution in [3.8, 4) is 11.3 Å². The summed E-state index contributed by atoms with van der Waals surface area (Å²) in [5.41, 5.74) is 2.85. The van der Waals surface area contributed by atoms with Crippen molar-refractivity contribution in [2.24, 2.45) is 0 Å². The first-order valence-corrected chi connectivity index (χ1v) is 7.37. The van der Waals surface area contributed by atoms with Crippen molar-refractivity contribution in [1.82, 2.24) is 15.1 Å². The number of nitrogens with one attached hydrogen (secondary N) is 1. The number of hydrogen-bond acceptors (Lipinski definition) is 5. The van der Waals surface area contributed by atoms with Crippen LogP contribution in [0.25, 0.3) is 22.4 Å². The second kappa shape index (κ2) is 5.70. The molecule has 4 aromatic rings. The number of para-hydroxylation sites is 1. The third-order valence-corrected chi connectivity index (χ3v) is 3.64. The van der Waals surface area contributed by atoms with E-state index < -0.39 is 0 Å². The van der Waals surface area contributed by atoms with E-state index >= 15 is 0 Å². The lowest BCUT2D eigenvalue weighted by Crippen LogP contribution is -1.95. The molecule has 23 heavy (non-hydrogen) atoms. The predicted octanol–water partition coefficient (Wildman–Crippen LogP) is 4.68.